The van der Waals surface area contributed by atoms with Gasteiger partial charge in [-0.05, 0) is 26.2 Å². The van der Waals surface area contributed by atoms with Crippen molar-refractivity contribution in [2.45, 2.75) is 70.4 Å². The van der Waals surface area contributed by atoms with E-state index in [1.807, 2.05) is 13.8 Å². The second kappa shape index (κ2) is 6.39. The lowest BCUT2D eigenvalue weighted by Gasteiger charge is -2.20. The number of halogens is 1. The molecule has 1 aromatic rings. The molecule has 1 saturated carbocycles. The molecule has 0 saturated heterocycles. The molecule has 0 spiro atoms. The lowest BCUT2D eigenvalue weighted by molar-refractivity contribution is -0.147. The number of ether oxygens (including phenoxy) is 1. The minimum absolute atomic E-state index is 0.239. The third-order valence-electron chi connectivity index (χ3n) is 4.98. The Hall–Kier alpha value is -1.56. The van der Waals surface area contributed by atoms with E-state index in [0.29, 0.717) is 12.1 Å². The summed E-state index contributed by atoms with van der Waals surface area (Å²) in [4.78, 5) is 29.6. The van der Waals surface area contributed by atoms with Gasteiger partial charge in [-0.3, -0.25) is 9.36 Å². The molecule has 1 aliphatic carbocycles. The van der Waals surface area contributed by atoms with Crippen LogP contribution in [0.5, 0.6) is 0 Å². The number of esters is 1. The van der Waals surface area contributed by atoms with Crippen LogP contribution in [0.1, 0.15) is 64.6 Å². The van der Waals surface area contributed by atoms with Crippen molar-refractivity contribution in [1.82, 2.24) is 9.55 Å². The van der Waals surface area contributed by atoms with Gasteiger partial charge in [0.05, 0.1) is 12.3 Å². The van der Waals surface area contributed by atoms with E-state index in [2.05, 4.69) is 10.3 Å². The molecule has 0 unspecified atom stereocenters. The van der Waals surface area contributed by atoms with Crippen molar-refractivity contribution in [2.75, 3.05) is 11.9 Å². The summed E-state index contributed by atoms with van der Waals surface area (Å²) in [6.45, 7) is 5.98. The van der Waals surface area contributed by atoms with Crippen molar-refractivity contribution in [1.29, 1.82) is 0 Å². The largest absolute Gasteiger partial charge is 0.464 e. The van der Waals surface area contributed by atoms with Crippen LogP contribution in [-0.2, 0) is 14.9 Å². The molecule has 1 fully saturated rings. The fraction of sp³-hybridized carbons (Fsp3) is 0.706. The smallest absolute Gasteiger partial charge is 0.329 e. The quantitative estimate of drug-likeness (QED) is 0.842. The Labute approximate surface area is 146 Å². The Morgan fingerprint density at radius 3 is 2.71 bits per heavy atom. The fourth-order valence-electron chi connectivity index (χ4n) is 3.87. The molecule has 2 aliphatic rings. The zero-order chi connectivity index (χ0) is 17.5. The summed E-state index contributed by atoms with van der Waals surface area (Å²) in [7, 11) is 0. The monoisotopic (exact) mass is 353 g/mol. The van der Waals surface area contributed by atoms with Gasteiger partial charge < -0.3 is 10.1 Å². The summed E-state index contributed by atoms with van der Waals surface area (Å²) < 4.78 is 6.65. The summed E-state index contributed by atoms with van der Waals surface area (Å²) in [5.41, 5.74) is -0.0823. The van der Waals surface area contributed by atoms with Crippen molar-refractivity contribution in [3.8, 4) is 0 Å². The number of carbonyl (C=O) groups is 1. The average molecular weight is 354 g/mol. The summed E-state index contributed by atoms with van der Waals surface area (Å²) >= 11 is 6.40. The molecule has 2 heterocycles. The number of carbonyl (C=O) groups excluding carboxylic acids is 1. The molecule has 7 heteroatoms. The van der Waals surface area contributed by atoms with Gasteiger partial charge in [0.2, 0.25) is 0 Å². The lowest BCUT2D eigenvalue weighted by Crippen LogP contribution is -2.33. The molecule has 0 radical (unpaired) electrons. The Bertz CT molecular complexity index is 708. The van der Waals surface area contributed by atoms with Gasteiger partial charge in [0, 0.05) is 11.5 Å². The number of fused-ring (bicyclic) bond motifs is 1. The topological polar surface area (TPSA) is 73.2 Å². The van der Waals surface area contributed by atoms with Crippen molar-refractivity contribution in [3.63, 3.8) is 0 Å². The van der Waals surface area contributed by atoms with E-state index in [1.54, 1.807) is 6.92 Å². The van der Waals surface area contributed by atoms with E-state index in [9.17, 15) is 9.59 Å². The second-order valence-corrected chi connectivity index (χ2v) is 7.61. The zero-order valence-corrected chi connectivity index (χ0v) is 15.2. The maximum Gasteiger partial charge on any atom is 0.329 e. The molecule has 24 heavy (non-hydrogen) atoms. The van der Waals surface area contributed by atoms with Crippen LogP contribution in [0.15, 0.2) is 4.79 Å². The molecule has 0 bridgehead atoms. The van der Waals surface area contributed by atoms with Gasteiger partial charge in [0.1, 0.15) is 6.04 Å². The van der Waals surface area contributed by atoms with Gasteiger partial charge in [0.15, 0.2) is 11.0 Å². The van der Waals surface area contributed by atoms with Crippen LogP contribution in [0.2, 0.25) is 5.15 Å². The zero-order valence-electron chi connectivity index (χ0n) is 14.4. The highest BCUT2D eigenvalue weighted by atomic mass is 35.5. The van der Waals surface area contributed by atoms with Crippen molar-refractivity contribution < 1.29 is 9.53 Å². The molecule has 0 aromatic carbocycles. The molecule has 1 aliphatic heterocycles. The van der Waals surface area contributed by atoms with Gasteiger partial charge in [0.25, 0.3) is 5.56 Å². The maximum atomic E-state index is 13.0. The number of anilines is 1. The van der Waals surface area contributed by atoms with Gasteiger partial charge in [-0.25, -0.2) is 9.78 Å². The minimum atomic E-state index is -0.646. The predicted octanol–water partition coefficient (Wildman–Crippen LogP) is 3.04. The number of nitrogens with one attached hydrogen (secondary N) is 1. The van der Waals surface area contributed by atoms with Crippen LogP contribution in [0, 0.1) is 0 Å². The number of hydrogen-bond donors (Lipinski definition) is 1. The van der Waals surface area contributed by atoms with E-state index in [4.69, 9.17) is 16.3 Å². The lowest BCUT2D eigenvalue weighted by atomic mass is 9.87. The van der Waals surface area contributed by atoms with Crippen LogP contribution < -0.4 is 10.9 Å². The Kier molecular flexibility index (Phi) is 4.60. The molecular formula is C17H24ClN3O3. The third kappa shape index (κ3) is 2.92. The van der Waals surface area contributed by atoms with Crippen LogP contribution in [0.3, 0.4) is 0 Å². The van der Waals surface area contributed by atoms with E-state index < -0.39 is 11.5 Å². The van der Waals surface area contributed by atoms with Gasteiger partial charge in [-0.2, -0.15) is 0 Å². The van der Waals surface area contributed by atoms with E-state index in [0.717, 1.165) is 25.7 Å². The molecular weight excluding hydrogens is 330 g/mol. The van der Waals surface area contributed by atoms with Crippen molar-refractivity contribution >= 4 is 23.4 Å². The Morgan fingerprint density at radius 2 is 2.08 bits per heavy atom. The molecule has 132 valence electrons. The first-order chi connectivity index (χ1) is 11.3. The molecule has 1 aromatic heterocycles. The van der Waals surface area contributed by atoms with Crippen molar-refractivity contribution in [3.05, 3.63) is 21.2 Å². The second-order valence-electron chi connectivity index (χ2n) is 7.26. The average Bonchev–Trinajstić information content (AvgIpc) is 3.10. The molecule has 1 atom stereocenters. The number of hydrogen-bond acceptors (Lipinski definition) is 5. The summed E-state index contributed by atoms with van der Waals surface area (Å²) in [6, 6.07) is -0.401. The SMILES string of the molecule is CCOC(=O)[C@@H]1CC(C)(C)c2c(Cl)nc(NC3CCCC3)c(=O)n21. The van der Waals surface area contributed by atoms with Gasteiger partial charge in [-0.1, -0.05) is 38.3 Å². The van der Waals surface area contributed by atoms with Gasteiger partial charge >= 0.3 is 5.97 Å². The first kappa shape index (κ1) is 17.3. The predicted molar refractivity (Wildman–Crippen MR) is 92.7 cm³/mol. The number of nitrogens with zero attached hydrogens (tertiary/aromatic N) is 2. The highest BCUT2D eigenvalue weighted by Gasteiger charge is 2.44. The summed E-state index contributed by atoms with van der Waals surface area (Å²) in [5.74, 6) is -0.150. The molecule has 0 amide bonds. The van der Waals surface area contributed by atoms with Crippen LogP contribution in [-0.4, -0.2) is 28.2 Å². The maximum absolute atomic E-state index is 13.0. The fourth-order valence-corrected chi connectivity index (χ4v) is 4.30. The van der Waals surface area contributed by atoms with Gasteiger partial charge in [-0.15, -0.1) is 0 Å². The van der Waals surface area contributed by atoms with E-state index >= 15 is 0 Å². The summed E-state index contributed by atoms with van der Waals surface area (Å²) in [6.07, 6.45) is 4.82. The number of aromatic nitrogens is 2. The van der Waals surface area contributed by atoms with Crippen LogP contribution >= 0.6 is 11.6 Å². The Morgan fingerprint density at radius 1 is 1.42 bits per heavy atom. The third-order valence-corrected chi connectivity index (χ3v) is 5.24. The first-order valence-corrected chi connectivity index (χ1v) is 8.98. The van der Waals surface area contributed by atoms with E-state index in [1.165, 1.54) is 4.57 Å². The van der Waals surface area contributed by atoms with Crippen LogP contribution in [0.4, 0.5) is 5.82 Å². The Balaban J connectivity index is 2.06. The van der Waals surface area contributed by atoms with Crippen LogP contribution in [0.25, 0.3) is 0 Å². The number of rotatable bonds is 4. The summed E-state index contributed by atoms with van der Waals surface area (Å²) in [5, 5.41) is 3.50. The normalized spacial score (nSPS) is 22.4. The molecule has 1 N–H and O–H groups in total. The van der Waals surface area contributed by atoms with Crippen molar-refractivity contribution in [2.24, 2.45) is 0 Å². The minimum Gasteiger partial charge on any atom is -0.464 e. The molecule has 3 rings (SSSR count). The highest BCUT2D eigenvalue weighted by Crippen LogP contribution is 2.43. The standard InChI is InChI=1S/C17H24ClN3O3/c1-4-24-16(23)11-9-17(2,3)12-13(18)20-14(15(22)21(11)12)19-10-7-5-6-8-10/h10-11H,4-9H2,1-3H3,(H,19,20)/t11-/m0/s1. The molecule has 6 nitrogen and oxygen atoms in total. The first-order valence-electron chi connectivity index (χ1n) is 8.61. The highest BCUT2D eigenvalue weighted by molar-refractivity contribution is 6.30. The van der Waals surface area contributed by atoms with E-state index in [-0.39, 0.29) is 35.1 Å².